The molecule has 2 N–H and O–H groups in total. The maximum atomic E-state index is 13.3. The number of pyridine rings is 1. The van der Waals surface area contributed by atoms with Crippen LogP contribution in [0.25, 0.3) is 10.9 Å². The van der Waals surface area contributed by atoms with Crippen LogP contribution in [0.5, 0.6) is 11.5 Å². The highest BCUT2D eigenvalue weighted by atomic mass is 19.1. The van der Waals surface area contributed by atoms with Gasteiger partial charge in [0.15, 0.2) is 11.4 Å². The smallest absolute Gasteiger partial charge is 0.258 e. The number of phenolic OH excluding ortho intramolecular Hbond substituents is 1. The van der Waals surface area contributed by atoms with Crippen LogP contribution >= 0.6 is 0 Å². The fraction of sp³-hybridized carbons (Fsp3) is 0.280. The lowest BCUT2D eigenvalue weighted by Crippen LogP contribution is -2.31. The SMILES string of the molecule is C/C=C(/O)C(C)(C)Oc1c2c(c(O)c3ncc(Cc4ccc(F)cc4)cc13)C(=O)N(C)C2. The zero-order valence-electron chi connectivity index (χ0n) is 18.4. The Morgan fingerprint density at radius 1 is 1.28 bits per heavy atom. The number of carbonyl (C=O) groups is 1. The molecule has 0 bridgehead atoms. The number of fused-ring (bicyclic) bond motifs is 2. The topological polar surface area (TPSA) is 82.9 Å². The van der Waals surface area contributed by atoms with Gasteiger partial charge in [0, 0.05) is 24.2 Å². The van der Waals surface area contributed by atoms with E-state index in [-0.39, 0.29) is 40.9 Å². The summed E-state index contributed by atoms with van der Waals surface area (Å²) < 4.78 is 19.5. The summed E-state index contributed by atoms with van der Waals surface area (Å²) in [6.07, 6.45) is 3.68. The lowest BCUT2D eigenvalue weighted by Gasteiger charge is -2.28. The third-order valence-electron chi connectivity index (χ3n) is 5.75. The summed E-state index contributed by atoms with van der Waals surface area (Å²) in [5.41, 5.74) is 1.65. The average molecular weight is 436 g/mol. The van der Waals surface area contributed by atoms with Crippen molar-refractivity contribution in [2.24, 2.45) is 0 Å². The van der Waals surface area contributed by atoms with Crippen molar-refractivity contribution in [1.82, 2.24) is 9.88 Å². The molecule has 0 fully saturated rings. The Kier molecular flexibility index (Phi) is 5.28. The number of carbonyl (C=O) groups excluding carboxylic acids is 1. The van der Waals surface area contributed by atoms with E-state index in [1.807, 2.05) is 6.07 Å². The summed E-state index contributed by atoms with van der Waals surface area (Å²) in [6, 6.07) is 8.07. The van der Waals surface area contributed by atoms with Crippen molar-refractivity contribution in [3.63, 3.8) is 0 Å². The molecule has 4 rings (SSSR count). The standard InChI is InChI=1S/C25H25FN2O4/c1-5-19(29)25(2,3)32-23-17-11-15(10-14-6-8-16(26)9-7-14)12-27-21(17)22(30)20-18(23)13-28(4)24(20)31/h5-9,11-12,29-30H,10,13H2,1-4H3/b19-5+. The largest absolute Gasteiger partial charge is 0.508 e. The Hall–Kier alpha value is -3.61. The molecule has 32 heavy (non-hydrogen) atoms. The maximum Gasteiger partial charge on any atom is 0.258 e. The molecule has 2 heterocycles. The van der Waals surface area contributed by atoms with E-state index in [4.69, 9.17) is 4.74 Å². The summed E-state index contributed by atoms with van der Waals surface area (Å²) >= 11 is 0. The Balaban J connectivity index is 1.91. The van der Waals surface area contributed by atoms with Crippen molar-refractivity contribution in [3.8, 4) is 11.5 Å². The summed E-state index contributed by atoms with van der Waals surface area (Å²) in [5, 5.41) is 21.8. The van der Waals surface area contributed by atoms with Crippen LogP contribution in [0.3, 0.4) is 0 Å². The molecule has 166 valence electrons. The van der Waals surface area contributed by atoms with Gasteiger partial charge in [-0.05, 0) is 62.6 Å². The number of aliphatic hydroxyl groups excluding tert-OH is 1. The number of nitrogens with zero attached hydrogens (tertiary/aromatic N) is 2. The summed E-state index contributed by atoms with van der Waals surface area (Å²) in [6.45, 7) is 5.43. The molecule has 1 amide bonds. The highest BCUT2D eigenvalue weighted by molar-refractivity contribution is 6.08. The molecule has 0 unspecified atom stereocenters. The van der Waals surface area contributed by atoms with Gasteiger partial charge >= 0.3 is 0 Å². The molecule has 1 aromatic heterocycles. The molecule has 7 heteroatoms. The van der Waals surface area contributed by atoms with Gasteiger partial charge in [0.2, 0.25) is 0 Å². The second kappa shape index (κ2) is 7.82. The van der Waals surface area contributed by atoms with E-state index in [0.29, 0.717) is 23.1 Å². The number of aliphatic hydroxyl groups is 1. The Morgan fingerprint density at radius 2 is 1.97 bits per heavy atom. The Bertz CT molecular complexity index is 1250. The second-order valence-corrected chi connectivity index (χ2v) is 8.52. The predicted molar refractivity (Wildman–Crippen MR) is 120 cm³/mol. The molecular formula is C25H25FN2O4. The van der Waals surface area contributed by atoms with Crippen molar-refractivity contribution >= 4 is 16.8 Å². The first-order valence-corrected chi connectivity index (χ1v) is 10.3. The molecule has 6 nitrogen and oxygen atoms in total. The first kappa shape index (κ1) is 21.6. The maximum absolute atomic E-state index is 13.3. The van der Waals surface area contributed by atoms with Gasteiger partial charge in [-0.15, -0.1) is 0 Å². The van der Waals surface area contributed by atoms with Crippen molar-refractivity contribution in [2.45, 2.75) is 39.3 Å². The molecule has 1 aliphatic heterocycles. The molecule has 0 saturated carbocycles. The van der Waals surface area contributed by atoms with E-state index >= 15 is 0 Å². The number of hydrogen-bond acceptors (Lipinski definition) is 5. The van der Waals surface area contributed by atoms with Crippen LogP contribution < -0.4 is 4.74 Å². The minimum atomic E-state index is -1.07. The summed E-state index contributed by atoms with van der Waals surface area (Å²) in [5.74, 6) is -0.355. The number of phenols is 1. The van der Waals surface area contributed by atoms with Crippen LogP contribution in [0, 0.1) is 5.82 Å². The first-order chi connectivity index (χ1) is 15.1. The van der Waals surface area contributed by atoms with Gasteiger partial charge in [0.25, 0.3) is 5.91 Å². The van der Waals surface area contributed by atoms with E-state index in [2.05, 4.69) is 4.98 Å². The fourth-order valence-corrected chi connectivity index (χ4v) is 3.99. The number of ether oxygens (including phenoxy) is 1. The number of aromatic nitrogens is 1. The zero-order chi connectivity index (χ0) is 23.2. The number of rotatable bonds is 5. The molecule has 1 aliphatic rings. The van der Waals surface area contributed by atoms with Crippen LogP contribution in [0.2, 0.25) is 0 Å². The number of aromatic hydroxyl groups is 1. The third kappa shape index (κ3) is 3.64. The van der Waals surface area contributed by atoms with Gasteiger partial charge in [-0.1, -0.05) is 12.1 Å². The minimum absolute atomic E-state index is 0.0422. The van der Waals surface area contributed by atoms with Crippen LogP contribution in [0.1, 0.15) is 47.8 Å². The van der Waals surface area contributed by atoms with Crippen LogP contribution in [-0.2, 0) is 13.0 Å². The van der Waals surface area contributed by atoms with E-state index in [0.717, 1.165) is 11.1 Å². The number of allylic oxidation sites excluding steroid dienone is 1. The highest BCUT2D eigenvalue weighted by Crippen LogP contribution is 2.45. The molecule has 0 spiro atoms. The number of hydrogen-bond donors (Lipinski definition) is 2. The van der Waals surface area contributed by atoms with Crippen LogP contribution in [0.4, 0.5) is 4.39 Å². The van der Waals surface area contributed by atoms with Crippen molar-refractivity contribution in [3.05, 3.63) is 76.4 Å². The molecule has 2 aromatic carbocycles. The lowest BCUT2D eigenvalue weighted by molar-refractivity contribution is 0.0813. The first-order valence-electron chi connectivity index (χ1n) is 10.3. The normalized spacial score (nSPS) is 14.2. The van der Waals surface area contributed by atoms with E-state index in [1.54, 1.807) is 52.2 Å². The van der Waals surface area contributed by atoms with Crippen molar-refractivity contribution in [2.75, 3.05) is 7.05 Å². The van der Waals surface area contributed by atoms with E-state index in [9.17, 15) is 19.4 Å². The quantitative estimate of drug-likeness (QED) is 0.558. The van der Waals surface area contributed by atoms with Crippen molar-refractivity contribution < 1.29 is 24.1 Å². The highest BCUT2D eigenvalue weighted by Gasteiger charge is 2.36. The third-order valence-corrected chi connectivity index (χ3v) is 5.75. The molecule has 0 aliphatic carbocycles. The number of benzene rings is 2. The van der Waals surface area contributed by atoms with Crippen LogP contribution in [0.15, 0.2) is 48.4 Å². The van der Waals surface area contributed by atoms with Crippen LogP contribution in [-0.4, -0.2) is 38.7 Å². The Labute approximate surface area is 185 Å². The van der Waals surface area contributed by atoms with E-state index < -0.39 is 5.60 Å². The van der Waals surface area contributed by atoms with Gasteiger partial charge in [0.1, 0.15) is 22.8 Å². The van der Waals surface area contributed by atoms with Gasteiger partial charge in [-0.25, -0.2) is 4.39 Å². The summed E-state index contributed by atoms with van der Waals surface area (Å²) in [7, 11) is 1.65. The van der Waals surface area contributed by atoms with Gasteiger partial charge < -0.3 is 19.8 Å². The number of halogens is 1. The minimum Gasteiger partial charge on any atom is -0.508 e. The lowest BCUT2D eigenvalue weighted by atomic mass is 9.98. The average Bonchev–Trinajstić information content (AvgIpc) is 3.06. The van der Waals surface area contributed by atoms with Crippen molar-refractivity contribution in [1.29, 1.82) is 0 Å². The van der Waals surface area contributed by atoms with Gasteiger partial charge in [0.05, 0.1) is 12.1 Å². The molecule has 0 atom stereocenters. The fourth-order valence-electron chi connectivity index (χ4n) is 3.99. The predicted octanol–water partition coefficient (Wildman–Crippen LogP) is 4.88. The second-order valence-electron chi connectivity index (χ2n) is 8.52. The Morgan fingerprint density at radius 3 is 2.62 bits per heavy atom. The molecule has 0 radical (unpaired) electrons. The monoisotopic (exact) mass is 436 g/mol. The summed E-state index contributed by atoms with van der Waals surface area (Å²) in [4.78, 5) is 18.6. The molecular weight excluding hydrogens is 411 g/mol. The van der Waals surface area contributed by atoms with E-state index in [1.165, 1.54) is 17.0 Å². The van der Waals surface area contributed by atoms with Gasteiger partial charge in [-0.2, -0.15) is 0 Å². The molecule has 0 saturated heterocycles. The molecule has 3 aromatic rings. The zero-order valence-corrected chi connectivity index (χ0v) is 18.4. The van der Waals surface area contributed by atoms with Gasteiger partial charge in [-0.3, -0.25) is 9.78 Å². The number of amides is 1.